The fraction of sp³-hybridized carbons (Fsp3) is 0.238. The molecule has 0 atom stereocenters. The third kappa shape index (κ3) is 6.40. The van der Waals surface area contributed by atoms with Crippen molar-refractivity contribution in [2.45, 2.75) is 20.1 Å². The lowest BCUT2D eigenvalue weighted by molar-refractivity contribution is -0.125. The molecule has 2 aromatic carbocycles. The molecule has 0 aromatic heterocycles. The summed E-state index contributed by atoms with van der Waals surface area (Å²) in [5.74, 6) is -0.248. The van der Waals surface area contributed by atoms with Gasteiger partial charge in [-0.05, 0) is 36.3 Å². The van der Waals surface area contributed by atoms with E-state index in [1.54, 1.807) is 6.92 Å². The molecule has 5 nitrogen and oxygen atoms in total. The summed E-state index contributed by atoms with van der Waals surface area (Å²) in [6, 6.07) is 15.7. The number of halogens is 2. The zero-order valence-corrected chi connectivity index (χ0v) is 15.3. The number of nitriles is 1. The van der Waals surface area contributed by atoms with Crippen LogP contribution < -0.4 is 9.47 Å². The summed E-state index contributed by atoms with van der Waals surface area (Å²) in [6.45, 7) is -0.702. The minimum absolute atomic E-state index is 0.0522. The lowest BCUT2D eigenvalue weighted by atomic mass is 10.1. The van der Waals surface area contributed by atoms with Gasteiger partial charge in [0.25, 0.3) is 0 Å². The van der Waals surface area contributed by atoms with E-state index in [-0.39, 0.29) is 30.6 Å². The quantitative estimate of drug-likeness (QED) is 0.477. The van der Waals surface area contributed by atoms with Gasteiger partial charge >= 0.3 is 6.61 Å². The fourth-order valence-corrected chi connectivity index (χ4v) is 2.46. The average molecular weight is 386 g/mol. The Hall–Kier alpha value is -3.40. The largest absolute Gasteiger partial charge is 0.490 e. The van der Waals surface area contributed by atoms with Crippen molar-refractivity contribution in [1.82, 2.24) is 4.90 Å². The lowest BCUT2D eigenvalue weighted by Crippen LogP contribution is -2.29. The van der Waals surface area contributed by atoms with Crippen LogP contribution >= 0.6 is 0 Å². The van der Waals surface area contributed by atoms with Crippen LogP contribution in [-0.2, 0) is 11.3 Å². The van der Waals surface area contributed by atoms with E-state index in [1.807, 2.05) is 36.4 Å². The van der Waals surface area contributed by atoms with Crippen molar-refractivity contribution < 1.29 is 23.0 Å². The van der Waals surface area contributed by atoms with Crippen LogP contribution in [0.25, 0.3) is 6.08 Å². The first-order valence-corrected chi connectivity index (χ1v) is 8.63. The zero-order chi connectivity index (χ0) is 20.4. The Morgan fingerprint density at radius 3 is 2.61 bits per heavy atom. The number of benzene rings is 2. The van der Waals surface area contributed by atoms with Gasteiger partial charge in [-0.3, -0.25) is 4.79 Å². The molecule has 7 heteroatoms. The van der Waals surface area contributed by atoms with Gasteiger partial charge in [0.05, 0.1) is 12.7 Å². The Balaban J connectivity index is 2.14. The van der Waals surface area contributed by atoms with Gasteiger partial charge in [-0.2, -0.15) is 14.0 Å². The molecular formula is C21H20F2N2O3. The predicted molar refractivity (Wildman–Crippen MR) is 101 cm³/mol. The van der Waals surface area contributed by atoms with Gasteiger partial charge in [0.2, 0.25) is 5.91 Å². The maximum absolute atomic E-state index is 12.5. The van der Waals surface area contributed by atoms with Crippen molar-refractivity contribution in [2.75, 3.05) is 13.2 Å². The van der Waals surface area contributed by atoms with E-state index < -0.39 is 6.61 Å². The van der Waals surface area contributed by atoms with Crippen molar-refractivity contribution in [3.05, 3.63) is 65.7 Å². The number of nitrogens with zero attached hydrogens (tertiary/aromatic N) is 2. The Labute approximate surface area is 162 Å². The summed E-state index contributed by atoms with van der Waals surface area (Å²) in [7, 11) is 0. The number of rotatable bonds is 9. The topological polar surface area (TPSA) is 62.6 Å². The molecule has 0 heterocycles. The van der Waals surface area contributed by atoms with E-state index in [9.17, 15) is 13.6 Å². The number of ether oxygens (including phenoxy) is 2. The zero-order valence-electron chi connectivity index (χ0n) is 15.3. The fourth-order valence-electron chi connectivity index (χ4n) is 2.46. The third-order valence-electron chi connectivity index (χ3n) is 3.69. The van der Waals surface area contributed by atoms with Crippen molar-refractivity contribution in [2.24, 2.45) is 0 Å². The normalized spacial score (nSPS) is 10.7. The molecule has 146 valence electrons. The number of carbonyl (C=O) groups is 1. The highest BCUT2D eigenvalue weighted by atomic mass is 19.3. The predicted octanol–water partition coefficient (Wildman–Crippen LogP) is 4.25. The Kier molecular flexibility index (Phi) is 7.97. The van der Waals surface area contributed by atoms with E-state index in [0.717, 1.165) is 5.56 Å². The van der Waals surface area contributed by atoms with Crippen molar-refractivity contribution >= 4 is 12.0 Å². The van der Waals surface area contributed by atoms with Crippen molar-refractivity contribution in [3.63, 3.8) is 0 Å². The summed E-state index contributed by atoms with van der Waals surface area (Å²) < 4.78 is 34.7. The van der Waals surface area contributed by atoms with Crippen LogP contribution in [0.3, 0.4) is 0 Å². The van der Waals surface area contributed by atoms with Gasteiger partial charge in [0, 0.05) is 12.6 Å². The summed E-state index contributed by atoms with van der Waals surface area (Å²) in [5, 5.41) is 8.99. The van der Waals surface area contributed by atoms with Crippen LogP contribution in [0.1, 0.15) is 18.1 Å². The maximum atomic E-state index is 12.5. The summed E-state index contributed by atoms with van der Waals surface area (Å²) in [6.07, 6.45) is 2.87. The van der Waals surface area contributed by atoms with Gasteiger partial charge < -0.3 is 14.4 Å². The van der Waals surface area contributed by atoms with E-state index >= 15 is 0 Å². The molecule has 0 saturated heterocycles. The molecule has 0 N–H and O–H groups in total. The average Bonchev–Trinajstić information content (AvgIpc) is 2.68. The molecule has 0 bridgehead atoms. The number of hydrogen-bond acceptors (Lipinski definition) is 4. The molecule has 0 radical (unpaired) electrons. The molecule has 2 rings (SSSR count). The van der Waals surface area contributed by atoms with Crippen LogP contribution in [0.5, 0.6) is 11.5 Å². The van der Waals surface area contributed by atoms with Gasteiger partial charge in [0.1, 0.15) is 6.54 Å². The van der Waals surface area contributed by atoms with Crippen molar-refractivity contribution in [3.8, 4) is 17.6 Å². The number of hydrogen-bond donors (Lipinski definition) is 0. The second-order valence-electron chi connectivity index (χ2n) is 5.69. The summed E-state index contributed by atoms with van der Waals surface area (Å²) in [4.78, 5) is 13.9. The Bertz CT molecular complexity index is 848. The van der Waals surface area contributed by atoms with Gasteiger partial charge in [-0.15, -0.1) is 0 Å². The molecular weight excluding hydrogens is 366 g/mol. The van der Waals surface area contributed by atoms with Crippen LogP contribution in [0.4, 0.5) is 8.78 Å². The van der Waals surface area contributed by atoms with E-state index in [0.29, 0.717) is 12.1 Å². The van der Waals surface area contributed by atoms with Gasteiger partial charge in [-0.25, -0.2) is 0 Å². The molecule has 28 heavy (non-hydrogen) atoms. The number of carbonyl (C=O) groups excluding carboxylic acids is 1. The second-order valence-corrected chi connectivity index (χ2v) is 5.69. The molecule has 0 unspecified atom stereocenters. The molecule has 2 aromatic rings. The third-order valence-corrected chi connectivity index (χ3v) is 3.69. The van der Waals surface area contributed by atoms with Crippen LogP contribution in [-0.4, -0.2) is 30.6 Å². The Morgan fingerprint density at radius 1 is 1.21 bits per heavy atom. The molecule has 1 amide bonds. The monoisotopic (exact) mass is 386 g/mol. The smallest absolute Gasteiger partial charge is 0.387 e. The minimum atomic E-state index is -2.96. The maximum Gasteiger partial charge on any atom is 0.387 e. The molecule has 0 spiro atoms. The van der Waals surface area contributed by atoms with Gasteiger partial charge in [-0.1, -0.05) is 36.4 Å². The van der Waals surface area contributed by atoms with E-state index in [1.165, 1.54) is 35.3 Å². The molecule has 0 aliphatic heterocycles. The first kappa shape index (κ1) is 20.9. The minimum Gasteiger partial charge on any atom is -0.490 e. The number of amides is 1. The van der Waals surface area contributed by atoms with E-state index in [2.05, 4.69) is 4.74 Å². The second kappa shape index (κ2) is 10.7. The van der Waals surface area contributed by atoms with Gasteiger partial charge in [0.15, 0.2) is 11.5 Å². The standard InChI is InChI=1S/C21H20F2N2O3/c1-2-27-19-14-16(8-10-18(19)28-21(22)23)9-11-20(26)25(13-12-24)15-17-6-4-3-5-7-17/h3-11,14,21H,2,13,15H2,1H3. The van der Waals surface area contributed by atoms with Crippen LogP contribution in [0.2, 0.25) is 0 Å². The summed E-state index contributed by atoms with van der Waals surface area (Å²) >= 11 is 0. The summed E-state index contributed by atoms with van der Waals surface area (Å²) in [5.41, 5.74) is 1.49. The molecule has 0 saturated carbocycles. The molecule has 0 aliphatic rings. The van der Waals surface area contributed by atoms with Crippen LogP contribution in [0.15, 0.2) is 54.6 Å². The Morgan fingerprint density at radius 2 is 1.96 bits per heavy atom. The van der Waals surface area contributed by atoms with Crippen LogP contribution in [0, 0.1) is 11.3 Å². The van der Waals surface area contributed by atoms with Crippen molar-refractivity contribution in [1.29, 1.82) is 5.26 Å². The highest BCUT2D eigenvalue weighted by molar-refractivity contribution is 5.92. The molecule has 0 fully saturated rings. The first-order chi connectivity index (χ1) is 13.5. The first-order valence-electron chi connectivity index (χ1n) is 8.63. The lowest BCUT2D eigenvalue weighted by Gasteiger charge is -2.17. The van der Waals surface area contributed by atoms with E-state index in [4.69, 9.17) is 10.00 Å². The highest BCUT2D eigenvalue weighted by Crippen LogP contribution is 2.30. The molecule has 0 aliphatic carbocycles. The number of alkyl halides is 2. The highest BCUT2D eigenvalue weighted by Gasteiger charge is 2.13. The SMILES string of the molecule is CCOc1cc(C=CC(=O)N(CC#N)Cc2ccccc2)ccc1OC(F)F.